The van der Waals surface area contributed by atoms with Crippen LogP contribution >= 0.6 is 0 Å². The van der Waals surface area contributed by atoms with Gasteiger partial charge in [0.2, 0.25) is 0 Å². The Bertz CT molecular complexity index is 286. The van der Waals surface area contributed by atoms with E-state index in [1.165, 1.54) is 12.8 Å². The molecule has 1 rings (SSSR count). The summed E-state index contributed by atoms with van der Waals surface area (Å²) in [5.74, 6) is 0.151. The van der Waals surface area contributed by atoms with Crippen molar-refractivity contribution in [1.82, 2.24) is 10.2 Å². The maximum Gasteiger partial charge on any atom is 0.317 e. The molecular formula is C12H24N4O2. The van der Waals surface area contributed by atoms with Gasteiger partial charge in [0.15, 0.2) is 0 Å². The molecule has 1 unspecified atom stereocenters. The lowest BCUT2D eigenvalue weighted by atomic mass is 10.1. The fourth-order valence-corrected chi connectivity index (χ4v) is 2.13. The number of oxime groups is 1. The Morgan fingerprint density at radius 1 is 1.39 bits per heavy atom. The van der Waals surface area contributed by atoms with Crippen molar-refractivity contribution in [1.29, 1.82) is 0 Å². The zero-order chi connectivity index (χ0) is 13.4. The molecule has 1 aliphatic heterocycles. The Labute approximate surface area is 108 Å². The number of urea groups is 1. The van der Waals surface area contributed by atoms with Crippen LogP contribution in [-0.4, -0.2) is 41.1 Å². The molecule has 0 aliphatic carbocycles. The van der Waals surface area contributed by atoms with E-state index in [0.717, 1.165) is 32.4 Å². The first-order chi connectivity index (χ1) is 8.67. The quantitative estimate of drug-likeness (QED) is 0.308. The zero-order valence-electron chi connectivity index (χ0n) is 11.1. The van der Waals surface area contributed by atoms with Crippen molar-refractivity contribution < 1.29 is 10.0 Å². The number of nitrogens with zero attached hydrogens (tertiary/aromatic N) is 2. The number of amides is 2. The lowest BCUT2D eigenvalue weighted by Crippen LogP contribution is -2.46. The van der Waals surface area contributed by atoms with E-state index in [-0.39, 0.29) is 17.9 Å². The first-order valence-electron chi connectivity index (χ1n) is 6.69. The smallest absolute Gasteiger partial charge is 0.317 e. The van der Waals surface area contributed by atoms with Crippen molar-refractivity contribution in [2.75, 3.05) is 13.1 Å². The van der Waals surface area contributed by atoms with Gasteiger partial charge in [0, 0.05) is 25.6 Å². The predicted octanol–water partition coefficient (Wildman–Crippen LogP) is 1.49. The van der Waals surface area contributed by atoms with E-state index in [1.807, 2.05) is 11.8 Å². The van der Waals surface area contributed by atoms with Crippen molar-refractivity contribution in [3.8, 4) is 0 Å². The van der Waals surface area contributed by atoms with Crippen molar-refractivity contribution in [2.45, 2.75) is 51.5 Å². The van der Waals surface area contributed by atoms with E-state index >= 15 is 0 Å². The molecule has 4 N–H and O–H groups in total. The molecule has 1 fully saturated rings. The molecule has 1 saturated heterocycles. The van der Waals surface area contributed by atoms with Crippen molar-refractivity contribution in [2.24, 2.45) is 10.9 Å². The molecule has 0 saturated carbocycles. The SMILES string of the molecule is CCC(CC(N)=NO)NC(=O)N1CCCCCC1. The third-order valence-corrected chi connectivity index (χ3v) is 3.30. The molecule has 0 aromatic rings. The van der Waals surface area contributed by atoms with Gasteiger partial charge in [0.05, 0.1) is 0 Å². The summed E-state index contributed by atoms with van der Waals surface area (Å²) in [4.78, 5) is 13.9. The van der Waals surface area contributed by atoms with Gasteiger partial charge >= 0.3 is 6.03 Å². The number of likely N-dealkylation sites (tertiary alicyclic amines) is 1. The van der Waals surface area contributed by atoms with Crippen molar-refractivity contribution >= 4 is 11.9 Å². The molecule has 2 amide bonds. The number of rotatable bonds is 4. The van der Waals surface area contributed by atoms with Crippen LogP contribution in [0.3, 0.4) is 0 Å². The van der Waals surface area contributed by atoms with E-state index in [0.29, 0.717) is 6.42 Å². The number of amidine groups is 1. The van der Waals surface area contributed by atoms with Gasteiger partial charge in [0.1, 0.15) is 5.84 Å². The summed E-state index contributed by atoms with van der Waals surface area (Å²) in [6.07, 6.45) is 5.69. The Kier molecular flexibility index (Phi) is 6.32. The van der Waals surface area contributed by atoms with Gasteiger partial charge in [-0.1, -0.05) is 24.9 Å². The Hall–Kier alpha value is -1.46. The van der Waals surface area contributed by atoms with E-state index in [1.54, 1.807) is 0 Å². The fourth-order valence-electron chi connectivity index (χ4n) is 2.13. The standard InChI is InChI=1S/C12H24N4O2/c1-2-10(9-11(13)15-18)14-12(17)16-7-5-3-4-6-8-16/h10,18H,2-9H2,1H3,(H2,13,15)(H,14,17). The lowest BCUT2D eigenvalue weighted by molar-refractivity contribution is 0.195. The second-order valence-electron chi connectivity index (χ2n) is 4.75. The van der Waals surface area contributed by atoms with E-state index < -0.39 is 0 Å². The molecule has 1 atom stereocenters. The Morgan fingerprint density at radius 2 is 2.00 bits per heavy atom. The van der Waals surface area contributed by atoms with Crippen LogP contribution in [0.4, 0.5) is 4.79 Å². The predicted molar refractivity (Wildman–Crippen MR) is 70.7 cm³/mol. The Morgan fingerprint density at radius 3 is 2.50 bits per heavy atom. The molecule has 18 heavy (non-hydrogen) atoms. The van der Waals surface area contributed by atoms with Crippen molar-refractivity contribution in [3.05, 3.63) is 0 Å². The molecule has 0 radical (unpaired) electrons. The van der Waals surface area contributed by atoms with Gasteiger partial charge in [0.25, 0.3) is 0 Å². The second kappa shape index (κ2) is 7.79. The molecular weight excluding hydrogens is 232 g/mol. The third kappa shape index (κ3) is 4.81. The van der Waals surface area contributed by atoms with Gasteiger partial charge in [-0.15, -0.1) is 0 Å². The topological polar surface area (TPSA) is 91.0 Å². The summed E-state index contributed by atoms with van der Waals surface area (Å²) >= 11 is 0. The molecule has 0 spiro atoms. The van der Waals surface area contributed by atoms with Crippen LogP contribution in [0.25, 0.3) is 0 Å². The number of carbonyl (C=O) groups excluding carboxylic acids is 1. The minimum Gasteiger partial charge on any atom is -0.409 e. The molecule has 0 bridgehead atoms. The molecule has 1 heterocycles. The summed E-state index contributed by atoms with van der Waals surface area (Å²) in [5, 5.41) is 14.4. The molecule has 6 heteroatoms. The van der Waals surface area contributed by atoms with Gasteiger partial charge in [-0.05, 0) is 19.3 Å². The highest BCUT2D eigenvalue weighted by molar-refractivity contribution is 5.81. The Balaban J connectivity index is 2.44. The number of nitrogens with two attached hydrogens (primary N) is 1. The maximum atomic E-state index is 12.1. The largest absolute Gasteiger partial charge is 0.409 e. The first kappa shape index (κ1) is 14.6. The number of nitrogens with one attached hydrogen (secondary N) is 1. The highest BCUT2D eigenvalue weighted by Gasteiger charge is 2.18. The summed E-state index contributed by atoms with van der Waals surface area (Å²) in [5.41, 5.74) is 5.46. The van der Waals surface area contributed by atoms with E-state index in [9.17, 15) is 4.79 Å². The summed E-state index contributed by atoms with van der Waals surface area (Å²) in [6, 6.07) is -0.105. The van der Waals surface area contributed by atoms with E-state index in [4.69, 9.17) is 10.9 Å². The number of carbonyl (C=O) groups is 1. The highest BCUT2D eigenvalue weighted by atomic mass is 16.4. The molecule has 0 aromatic heterocycles. The first-order valence-corrected chi connectivity index (χ1v) is 6.69. The van der Waals surface area contributed by atoms with Gasteiger partial charge in [-0.3, -0.25) is 0 Å². The van der Waals surface area contributed by atoms with E-state index in [2.05, 4.69) is 10.5 Å². The number of hydrogen-bond donors (Lipinski definition) is 3. The average Bonchev–Trinajstić information content (AvgIpc) is 2.66. The normalized spacial score (nSPS) is 19.2. The highest BCUT2D eigenvalue weighted by Crippen LogP contribution is 2.10. The molecule has 1 aliphatic rings. The van der Waals surface area contributed by atoms with Crippen LogP contribution in [0.5, 0.6) is 0 Å². The third-order valence-electron chi connectivity index (χ3n) is 3.30. The second-order valence-corrected chi connectivity index (χ2v) is 4.75. The van der Waals surface area contributed by atoms with Gasteiger partial charge < -0.3 is 21.2 Å². The van der Waals surface area contributed by atoms with Gasteiger partial charge in [-0.2, -0.15) is 0 Å². The number of hydrogen-bond acceptors (Lipinski definition) is 3. The van der Waals surface area contributed by atoms with Crippen LogP contribution in [0.15, 0.2) is 5.16 Å². The minimum absolute atomic E-state index is 0.0329. The van der Waals surface area contributed by atoms with Gasteiger partial charge in [-0.25, -0.2) is 4.79 Å². The summed E-state index contributed by atoms with van der Waals surface area (Å²) in [7, 11) is 0. The summed E-state index contributed by atoms with van der Waals surface area (Å²) < 4.78 is 0. The fraction of sp³-hybridized carbons (Fsp3) is 0.833. The molecule has 104 valence electrons. The van der Waals surface area contributed by atoms with Crippen LogP contribution in [-0.2, 0) is 0 Å². The van der Waals surface area contributed by atoms with Crippen LogP contribution in [0.2, 0.25) is 0 Å². The monoisotopic (exact) mass is 256 g/mol. The van der Waals surface area contributed by atoms with Crippen LogP contribution in [0, 0.1) is 0 Å². The zero-order valence-corrected chi connectivity index (χ0v) is 11.1. The van der Waals surface area contributed by atoms with Crippen molar-refractivity contribution in [3.63, 3.8) is 0 Å². The minimum atomic E-state index is -0.0725. The van der Waals surface area contributed by atoms with Crippen LogP contribution < -0.4 is 11.1 Å². The maximum absolute atomic E-state index is 12.1. The summed E-state index contributed by atoms with van der Waals surface area (Å²) in [6.45, 7) is 3.62. The molecule has 6 nitrogen and oxygen atoms in total. The average molecular weight is 256 g/mol. The molecule has 0 aromatic carbocycles. The van der Waals surface area contributed by atoms with Crippen LogP contribution in [0.1, 0.15) is 45.4 Å². The lowest BCUT2D eigenvalue weighted by Gasteiger charge is -2.24.